The summed E-state index contributed by atoms with van der Waals surface area (Å²) in [6.07, 6.45) is 0.909. The molecular weight excluding hydrogens is 338 g/mol. The van der Waals surface area contributed by atoms with Crippen molar-refractivity contribution in [1.82, 2.24) is 9.78 Å². The molecule has 3 nitrogen and oxygen atoms in total. The Hall–Kier alpha value is -0.840. The van der Waals surface area contributed by atoms with Gasteiger partial charge in [0.25, 0.3) is 0 Å². The number of rotatable bonds is 4. The first-order chi connectivity index (χ1) is 9.43. The van der Waals surface area contributed by atoms with E-state index < -0.39 is 0 Å². The van der Waals surface area contributed by atoms with Gasteiger partial charge in [-0.2, -0.15) is 5.10 Å². The minimum absolute atomic E-state index is 0.0455. The monoisotopic (exact) mass is 355 g/mol. The van der Waals surface area contributed by atoms with Crippen molar-refractivity contribution in [3.63, 3.8) is 0 Å². The van der Waals surface area contributed by atoms with E-state index in [1.54, 1.807) is 0 Å². The summed E-state index contributed by atoms with van der Waals surface area (Å²) in [5.74, 6) is 0. The second-order valence-electron chi connectivity index (χ2n) is 4.99. The Balaban J connectivity index is 2.35. The summed E-state index contributed by atoms with van der Waals surface area (Å²) < 4.78 is 2.96. The van der Waals surface area contributed by atoms with Crippen LogP contribution in [0.1, 0.15) is 41.9 Å². The minimum Gasteiger partial charge on any atom is -0.324 e. The van der Waals surface area contributed by atoms with Gasteiger partial charge in [0.1, 0.15) is 0 Å². The zero-order valence-corrected chi connectivity index (χ0v) is 14.3. The van der Waals surface area contributed by atoms with E-state index in [2.05, 4.69) is 34.9 Å². The van der Waals surface area contributed by atoms with Crippen molar-refractivity contribution in [3.05, 3.63) is 50.2 Å². The Morgan fingerprint density at radius 2 is 2.10 bits per heavy atom. The first kappa shape index (κ1) is 15.5. The lowest BCUT2D eigenvalue weighted by Gasteiger charge is -2.11. The van der Waals surface area contributed by atoms with Crippen molar-refractivity contribution in [3.8, 4) is 0 Å². The Morgan fingerprint density at radius 1 is 1.40 bits per heavy atom. The molecule has 0 aliphatic heterocycles. The molecule has 0 saturated carbocycles. The first-order valence-corrected chi connectivity index (χ1v) is 7.84. The van der Waals surface area contributed by atoms with Crippen LogP contribution in [0, 0.1) is 13.8 Å². The van der Waals surface area contributed by atoms with Crippen LogP contribution in [0.2, 0.25) is 5.02 Å². The Morgan fingerprint density at radius 3 is 2.70 bits per heavy atom. The second kappa shape index (κ2) is 6.29. The van der Waals surface area contributed by atoms with Gasteiger partial charge in [-0.15, -0.1) is 0 Å². The molecule has 1 atom stereocenters. The van der Waals surface area contributed by atoms with Gasteiger partial charge in [-0.25, -0.2) is 0 Å². The molecule has 1 aromatic carbocycles. The fourth-order valence-electron chi connectivity index (χ4n) is 2.42. The van der Waals surface area contributed by atoms with Crippen LogP contribution in [0.15, 0.2) is 22.7 Å². The molecule has 2 N–H and O–H groups in total. The van der Waals surface area contributed by atoms with Gasteiger partial charge in [0.15, 0.2) is 0 Å². The van der Waals surface area contributed by atoms with E-state index in [-0.39, 0.29) is 6.04 Å². The number of aromatic nitrogens is 2. The molecule has 1 unspecified atom stereocenters. The number of aryl methyl sites for hydroxylation is 1. The van der Waals surface area contributed by atoms with E-state index in [1.165, 1.54) is 0 Å². The zero-order chi connectivity index (χ0) is 14.9. The molecule has 0 amide bonds. The summed E-state index contributed by atoms with van der Waals surface area (Å²) in [5.41, 5.74) is 10.5. The molecule has 0 fully saturated rings. The lowest BCUT2D eigenvalue weighted by Crippen LogP contribution is -2.11. The molecule has 0 saturated heterocycles. The summed E-state index contributed by atoms with van der Waals surface area (Å²) in [6.45, 7) is 6.83. The standard InChI is InChI=1S/C15H19BrClN3/c1-4-14(18)15-9(2)19-20(10(15)3)8-11-5-6-12(16)7-13(11)17/h5-7,14H,4,8,18H2,1-3H3. The van der Waals surface area contributed by atoms with E-state index in [1.807, 2.05) is 29.8 Å². The van der Waals surface area contributed by atoms with Gasteiger partial charge in [0.2, 0.25) is 0 Å². The maximum atomic E-state index is 6.27. The zero-order valence-electron chi connectivity index (χ0n) is 12.0. The molecule has 108 valence electrons. The lowest BCUT2D eigenvalue weighted by molar-refractivity contribution is 0.650. The molecule has 20 heavy (non-hydrogen) atoms. The highest BCUT2D eigenvalue weighted by atomic mass is 79.9. The van der Waals surface area contributed by atoms with E-state index in [9.17, 15) is 0 Å². The highest BCUT2D eigenvalue weighted by Crippen LogP contribution is 2.25. The minimum atomic E-state index is 0.0455. The number of benzene rings is 1. The number of nitrogens with two attached hydrogens (primary N) is 1. The van der Waals surface area contributed by atoms with Crippen molar-refractivity contribution >= 4 is 27.5 Å². The van der Waals surface area contributed by atoms with E-state index in [0.717, 1.165) is 38.4 Å². The molecule has 0 radical (unpaired) electrons. The second-order valence-corrected chi connectivity index (χ2v) is 6.32. The predicted octanol–water partition coefficient (Wildman–Crippen LogP) is 4.37. The van der Waals surface area contributed by atoms with Gasteiger partial charge >= 0.3 is 0 Å². The third-order valence-corrected chi connectivity index (χ3v) is 4.43. The van der Waals surface area contributed by atoms with E-state index >= 15 is 0 Å². The molecule has 0 spiro atoms. The molecule has 1 aromatic heterocycles. The molecule has 2 aromatic rings. The van der Waals surface area contributed by atoms with Crippen LogP contribution in [0.5, 0.6) is 0 Å². The van der Waals surface area contributed by atoms with Gasteiger partial charge in [-0.3, -0.25) is 4.68 Å². The maximum absolute atomic E-state index is 6.27. The van der Waals surface area contributed by atoms with Crippen LogP contribution in [0.4, 0.5) is 0 Å². The van der Waals surface area contributed by atoms with Crippen LogP contribution in [0.25, 0.3) is 0 Å². The third kappa shape index (κ3) is 3.08. The topological polar surface area (TPSA) is 43.8 Å². The van der Waals surface area contributed by atoms with Crippen LogP contribution < -0.4 is 5.73 Å². The maximum Gasteiger partial charge on any atom is 0.0677 e. The number of halogens is 2. The molecule has 0 aliphatic rings. The smallest absolute Gasteiger partial charge is 0.0677 e. The van der Waals surface area contributed by atoms with Gasteiger partial charge < -0.3 is 5.73 Å². The van der Waals surface area contributed by atoms with Crippen molar-refractivity contribution < 1.29 is 0 Å². The van der Waals surface area contributed by atoms with Crippen molar-refractivity contribution in [1.29, 1.82) is 0 Å². The normalized spacial score (nSPS) is 12.7. The molecule has 0 bridgehead atoms. The molecule has 2 rings (SSSR count). The number of hydrogen-bond acceptors (Lipinski definition) is 2. The lowest BCUT2D eigenvalue weighted by atomic mass is 10.0. The molecule has 1 heterocycles. The SMILES string of the molecule is CCC(N)c1c(C)nn(Cc2ccc(Br)cc2Cl)c1C. The van der Waals surface area contributed by atoms with E-state index in [0.29, 0.717) is 6.54 Å². The quantitative estimate of drug-likeness (QED) is 0.883. The summed E-state index contributed by atoms with van der Waals surface area (Å²) in [5, 5.41) is 5.35. The highest BCUT2D eigenvalue weighted by Gasteiger charge is 2.17. The van der Waals surface area contributed by atoms with Crippen molar-refractivity contribution in [2.75, 3.05) is 0 Å². The van der Waals surface area contributed by atoms with Gasteiger partial charge in [-0.1, -0.05) is 40.5 Å². The van der Waals surface area contributed by atoms with Crippen LogP contribution >= 0.6 is 27.5 Å². The van der Waals surface area contributed by atoms with Crippen LogP contribution in [-0.4, -0.2) is 9.78 Å². The summed E-state index contributed by atoms with van der Waals surface area (Å²) in [6, 6.07) is 5.96. The molecular formula is C15H19BrClN3. The van der Waals surface area contributed by atoms with E-state index in [4.69, 9.17) is 17.3 Å². The summed E-state index contributed by atoms with van der Waals surface area (Å²) in [4.78, 5) is 0. The van der Waals surface area contributed by atoms with Gasteiger partial charge in [0, 0.05) is 26.8 Å². The Bertz CT molecular complexity index is 622. The Kier molecular flexibility index (Phi) is 4.89. The average molecular weight is 357 g/mol. The van der Waals surface area contributed by atoms with Crippen molar-refractivity contribution in [2.45, 2.75) is 39.8 Å². The highest BCUT2D eigenvalue weighted by molar-refractivity contribution is 9.10. The molecule has 5 heteroatoms. The predicted molar refractivity (Wildman–Crippen MR) is 87.2 cm³/mol. The largest absolute Gasteiger partial charge is 0.324 e. The first-order valence-electron chi connectivity index (χ1n) is 6.67. The average Bonchev–Trinajstić information content (AvgIpc) is 2.67. The van der Waals surface area contributed by atoms with Gasteiger partial charge in [-0.05, 0) is 38.0 Å². The summed E-state index contributed by atoms with van der Waals surface area (Å²) >= 11 is 9.69. The van der Waals surface area contributed by atoms with Crippen molar-refractivity contribution in [2.24, 2.45) is 5.73 Å². The number of hydrogen-bond donors (Lipinski definition) is 1. The third-order valence-electron chi connectivity index (χ3n) is 3.58. The fourth-order valence-corrected chi connectivity index (χ4v) is 3.15. The fraction of sp³-hybridized carbons (Fsp3) is 0.400. The van der Waals surface area contributed by atoms with Crippen LogP contribution in [0.3, 0.4) is 0 Å². The Labute approximate surface area is 133 Å². The molecule has 0 aliphatic carbocycles. The number of nitrogens with zero attached hydrogens (tertiary/aromatic N) is 2. The van der Waals surface area contributed by atoms with Crippen LogP contribution in [-0.2, 0) is 6.54 Å². The summed E-state index contributed by atoms with van der Waals surface area (Å²) in [7, 11) is 0. The van der Waals surface area contributed by atoms with Gasteiger partial charge in [0.05, 0.1) is 12.2 Å².